The molecule has 0 spiro atoms. The fourth-order valence-corrected chi connectivity index (χ4v) is 7.02. The van der Waals surface area contributed by atoms with Crippen molar-refractivity contribution >= 4 is 0 Å². The minimum atomic E-state index is 0.275. The van der Waals surface area contributed by atoms with Crippen molar-refractivity contribution in [1.82, 2.24) is 0 Å². The van der Waals surface area contributed by atoms with Crippen LogP contribution in [0.2, 0.25) is 0 Å². The Morgan fingerprint density at radius 2 is 1.19 bits per heavy atom. The number of hydrogen-bond acceptors (Lipinski definition) is 0. The van der Waals surface area contributed by atoms with Crippen molar-refractivity contribution in [2.75, 3.05) is 0 Å². The molecular weight excluding hydrogens is 577 g/mol. The summed E-state index contributed by atoms with van der Waals surface area (Å²) in [5.74, 6) is 2.68. The molecule has 3 unspecified atom stereocenters. The molecule has 0 aliphatic heterocycles. The lowest BCUT2D eigenvalue weighted by atomic mass is 9.62. The highest BCUT2D eigenvalue weighted by Crippen LogP contribution is 2.48. The molecule has 0 N–H and O–H groups in total. The number of hydrogen-bond donors (Lipinski definition) is 0. The molecule has 0 aliphatic rings. The Kier molecular flexibility index (Phi) is 21.2. The van der Waals surface area contributed by atoms with Crippen LogP contribution in [0.5, 0.6) is 0 Å². The fourth-order valence-electron chi connectivity index (χ4n) is 7.02. The normalized spacial score (nSPS) is 15.6. The SMILES string of the molecule is C=C(C)CCC(=C)C(C)C(=C(\C)C(CCC(C)(C)C(C)(C)CCC(C)C(C)C)=C(C)C)/C(C)=C/C.C=CC(C)(C)CC(C)CC(C)(C)C. The summed E-state index contributed by atoms with van der Waals surface area (Å²) in [5.41, 5.74) is 11.2. The largest absolute Gasteiger partial charge is 0.103 e. The lowest BCUT2D eigenvalue weighted by molar-refractivity contribution is 0.0782. The molecular formula is C48H88. The van der Waals surface area contributed by atoms with Crippen molar-refractivity contribution in [2.24, 2.45) is 45.3 Å². The molecule has 0 bridgehead atoms. The molecule has 0 aromatic heterocycles. The Hall–Kier alpha value is -1.56. The summed E-state index contributed by atoms with van der Waals surface area (Å²) in [6.45, 7) is 59.2. The molecule has 0 radical (unpaired) electrons. The third-order valence-corrected chi connectivity index (χ3v) is 11.8. The highest BCUT2D eigenvalue weighted by atomic mass is 14.4. The summed E-state index contributed by atoms with van der Waals surface area (Å²) in [6, 6.07) is 0. The molecule has 3 atom stereocenters. The molecule has 0 aromatic rings. The maximum atomic E-state index is 4.50. The summed E-state index contributed by atoms with van der Waals surface area (Å²) < 4.78 is 0. The van der Waals surface area contributed by atoms with Crippen molar-refractivity contribution in [3.05, 3.63) is 70.9 Å². The number of rotatable bonds is 19. The van der Waals surface area contributed by atoms with Gasteiger partial charge in [-0.3, -0.25) is 0 Å². The third-order valence-electron chi connectivity index (χ3n) is 11.8. The van der Waals surface area contributed by atoms with E-state index in [1.807, 2.05) is 0 Å². The Bertz CT molecular complexity index is 1090. The number of allylic oxidation sites excluding steroid dienone is 9. The van der Waals surface area contributed by atoms with Gasteiger partial charge in [-0.25, -0.2) is 0 Å². The van der Waals surface area contributed by atoms with Crippen LogP contribution in [0.1, 0.15) is 190 Å². The van der Waals surface area contributed by atoms with Crippen molar-refractivity contribution in [1.29, 1.82) is 0 Å². The smallest absolute Gasteiger partial charge is 0.00224 e. The van der Waals surface area contributed by atoms with E-state index in [9.17, 15) is 0 Å². The van der Waals surface area contributed by atoms with Gasteiger partial charge >= 0.3 is 0 Å². The van der Waals surface area contributed by atoms with Gasteiger partial charge in [0, 0.05) is 5.92 Å². The van der Waals surface area contributed by atoms with Crippen LogP contribution in [0.4, 0.5) is 0 Å². The first-order valence-electron chi connectivity index (χ1n) is 19.5. The van der Waals surface area contributed by atoms with Crippen LogP contribution in [-0.2, 0) is 0 Å². The van der Waals surface area contributed by atoms with Crippen LogP contribution in [0, 0.1) is 45.3 Å². The lowest BCUT2D eigenvalue weighted by Gasteiger charge is -2.43. The first-order valence-corrected chi connectivity index (χ1v) is 19.5. The van der Waals surface area contributed by atoms with E-state index in [2.05, 4.69) is 170 Å². The van der Waals surface area contributed by atoms with E-state index < -0.39 is 0 Å². The van der Waals surface area contributed by atoms with E-state index in [-0.39, 0.29) is 5.41 Å². The zero-order valence-corrected chi connectivity index (χ0v) is 36.7. The van der Waals surface area contributed by atoms with Gasteiger partial charge in [-0.2, -0.15) is 0 Å². The second-order valence-electron chi connectivity index (χ2n) is 19.6. The third kappa shape index (κ3) is 18.4. The minimum Gasteiger partial charge on any atom is -0.103 e. The van der Waals surface area contributed by atoms with E-state index in [1.54, 1.807) is 5.57 Å². The van der Waals surface area contributed by atoms with Crippen molar-refractivity contribution in [2.45, 2.75) is 190 Å². The average Bonchev–Trinajstić information content (AvgIpc) is 2.93. The molecule has 0 saturated carbocycles. The Balaban J connectivity index is 0. The molecule has 0 aliphatic carbocycles. The molecule has 0 rings (SSSR count). The molecule has 0 heteroatoms. The topological polar surface area (TPSA) is 0 Å². The summed E-state index contributed by atoms with van der Waals surface area (Å²) in [4.78, 5) is 0. The summed E-state index contributed by atoms with van der Waals surface area (Å²) >= 11 is 0. The van der Waals surface area contributed by atoms with E-state index in [0.717, 1.165) is 37.0 Å². The van der Waals surface area contributed by atoms with Crippen LogP contribution >= 0.6 is 0 Å². The van der Waals surface area contributed by atoms with Crippen molar-refractivity contribution in [3.63, 3.8) is 0 Å². The van der Waals surface area contributed by atoms with Gasteiger partial charge < -0.3 is 0 Å². The zero-order valence-electron chi connectivity index (χ0n) is 36.7. The molecule has 0 fully saturated rings. The van der Waals surface area contributed by atoms with Crippen LogP contribution in [0.25, 0.3) is 0 Å². The fraction of sp³-hybridized carbons (Fsp3) is 0.750. The molecule has 0 amide bonds. The van der Waals surface area contributed by atoms with Crippen molar-refractivity contribution < 1.29 is 0 Å². The summed E-state index contributed by atoms with van der Waals surface area (Å²) in [6.07, 6.45) is 13.9. The quantitative estimate of drug-likeness (QED) is 0.0952. The predicted molar refractivity (Wildman–Crippen MR) is 225 cm³/mol. The Morgan fingerprint density at radius 1 is 0.688 bits per heavy atom. The van der Waals surface area contributed by atoms with Gasteiger partial charge in [0.05, 0.1) is 0 Å². The highest BCUT2D eigenvalue weighted by molar-refractivity contribution is 5.47. The van der Waals surface area contributed by atoms with Crippen molar-refractivity contribution in [3.8, 4) is 0 Å². The van der Waals surface area contributed by atoms with Gasteiger partial charge in [0.25, 0.3) is 0 Å². The second kappa shape index (κ2) is 21.0. The molecule has 280 valence electrons. The predicted octanol–water partition coefficient (Wildman–Crippen LogP) is 16.7. The molecule has 0 saturated heterocycles. The van der Waals surface area contributed by atoms with Gasteiger partial charge in [0.15, 0.2) is 0 Å². The van der Waals surface area contributed by atoms with E-state index >= 15 is 0 Å². The maximum absolute atomic E-state index is 4.50. The summed E-state index contributed by atoms with van der Waals surface area (Å²) in [7, 11) is 0. The van der Waals surface area contributed by atoms with Crippen LogP contribution in [0.15, 0.2) is 70.9 Å². The summed E-state index contributed by atoms with van der Waals surface area (Å²) in [5, 5.41) is 0. The van der Waals surface area contributed by atoms with Gasteiger partial charge in [-0.1, -0.05) is 138 Å². The highest BCUT2D eigenvalue weighted by Gasteiger charge is 2.37. The standard InChI is InChI=1S/C35H62.C13H26/c1-17-27(8)33(30(11)29(10)19-18-24(2)3)31(12)32(26(6)7)21-23-35(15,16)34(13,14)22-20-28(9)25(4)5;1-8-13(6,7)10-11(2)9-12(3,4)5/h17,25,28,30H,2,10,18-23H2,1,3-9,11-16H3;8,11H,1,9-10H2,2-7H3/b27-17+,33-31+;. The van der Waals surface area contributed by atoms with Gasteiger partial charge in [0.2, 0.25) is 0 Å². The zero-order chi connectivity index (χ0) is 38.4. The van der Waals surface area contributed by atoms with Crippen LogP contribution in [0.3, 0.4) is 0 Å². The monoisotopic (exact) mass is 665 g/mol. The first kappa shape index (κ1) is 48.6. The maximum Gasteiger partial charge on any atom is 0.00224 e. The molecule has 0 heterocycles. The Morgan fingerprint density at radius 3 is 1.58 bits per heavy atom. The molecule has 0 aromatic carbocycles. The first-order chi connectivity index (χ1) is 21.6. The van der Waals surface area contributed by atoms with Gasteiger partial charge in [0.1, 0.15) is 0 Å². The van der Waals surface area contributed by atoms with Gasteiger partial charge in [-0.05, 0) is 149 Å². The molecule has 48 heavy (non-hydrogen) atoms. The van der Waals surface area contributed by atoms with E-state index in [4.69, 9.17) is 0 Å². The lowest BCUT2D eigenvalue weighted by Crippen LogP contribution is -2.33. The van der Waals surface area contributed by atoms with E-state index in [0.29, 0.717) is 22.2 Å². The minimum absolute atomic E-state index is 0.275. The van der Waals surface area contributed by atoms with E-state index in [1.165, 1.54) is 65.5 Å². The van der Waals surface area contributed by atoms with Gasteiger partial charge in [-0.15, -0.1) is 13.2 Å². The average molecular weight is 665 g/mol. The second-order valence-corrected chi connectivity index (χ2v) is 19.6. The molecule has 0 nitrogen and oxygen atoms in total. The van der Waals surface area contributed by atoms with Crippen LogP contribution in [-0.4, -0.2) is 0 Å². The van der Waals surface area contributed by atoms with Crippen LogP contribution < -0.4 is 0 Å². The Labute approximate surface area is 305 Å².